The summed E-state index contributed by atoms with van der Waals surface area (Å²) in [6, 6.07) is 0. The Morgan fingerprint density at radius 3 is 2.89 bits per heavy atom. The minimum atomic E-state index is -0.695. The average Bonchev–Trinajstić information content (AvgIpc) is 3.12. The van der Waals surface area contributed by atoms with Gasteiger partial charge in [-0.25, -0.2) is 9.59 Å². The molecule has 0 aromatic carbocycles. The second kappa shape index (κ2) is 7.22. The average molecular weight is 378 g/mol. The van der Waals surface area contributed by atoms with Crippen molar-refractivity contribution in [2.45, 2.75) is 63.6 Å². The van der Waals surface area contributed by atoms with E-state index >= 15 is 0 Å². The lowest BCUT2D eigenvalue weighted by atomic mass is 9.82. The smallest absolute Gasteiger partial charge is 0.334 e. The van der Waals surface area contributed by atoms with Gasteiger partial charge in [0.2, 0.25) is 0 Å². The molecule has 6 atom stereocenters. The van der Waals surface area contributed by atoms with Crippen molar-refractivity contribution in [3.05, 3.63) is 35.5 Å². The largest absolute Gasteiger partial charge is 0.458 e. The van der Waals surface area contributed by atoms with E-state index in [0.717, 1.165) is 0 Å². The monoisotopic (exact) mass is 378 g/mol. The summed E-state index contributed by atoms with van der Waals surface area (Å²) in [6.45, 7) is 8.79. The van der Waals surface area contributed by atoms with Gasteiger partial charge in [-0.15, -0.1) is 0 Å². The van der Waals surface area contributed by atoms with E-state index in [1.54, 1.807) is 19.9 Å². The third-order valence-corrected chi connectivity index (χ3v) is 5.67. The quantitative estimate of drug-likeness (QED) is 0.329. The lowest BCUT2D eigenvalue weighted by Crippen LogP contribution is -2.38. The summed E-state index contributed by atoms with van der Waals surface area (Å²) in [5.74, 6) is -1.67. The summed E-state index contributed by atoms with van der Waals surface area (Å²) in [5, 5.41) is 19.4. The molecule has 0 unspecified atom stereocenters. The third-order valence-electron chi connectivity index (χ3n) is 5.67. The molecule has 0 saturated carbocycles. The van der Waals surface area contributed by atoms with Crippen LogP contribution < -0.4 is 0 Å². The summed E-state index contributed by atoms with van der Waals surface area (Å²) in [5.41, 5.74) is 0.631. The molecule has 0 bridgehead atoms. The zero-order valence-electron chi connectivity index (χ0n) is 15.8. The van der Waals surface area contributed by atoms with E-state index in [0.29, 0.717) is 18.4 Å². The van der Waals surface area contributed by atoms with Gasteiger partial charge in [-0.3, -0.25) is 0 Å². The van der Waals surface area contributed by atoms with Crippen molar-refractivity contribution in [2.75, 3.05) is 6.61 Å². The number of fused-ring (bicyclic) bond motifs is 2. The first-order valence-corrected chi connectivity index (χ1v) is 9.09. The molecule has 2 fully saturated rings. The normalized spacial score (nSPS) is 41.0. The number of carbonyl (C=O) groups excluding carboxylic acids is 2. The van der Waals surface area contributed by atoms with Crippen LogP contribution in [0, 0.1) is 5.92 Å². The predicted molar refractivity (Wildman–Crippen MR) is 95.5 cm³/mol. The number of ether oxygens (including phenoxy) is 3. The highest BCUT2D eigenvalue weighted by atomic mass is 16.6. The number of aliphatic hydroxyl groups is 2. The molecule has 3 rings (SSSR count). The Kier molecular flexibility index (Phi) is 5.29. The lowest BCUT2D eigenvalue weighted by molar-refractivity contribution is -0.148. The summed E-state index contributed by atoms with van der Waals surface area (Å²) >= 11 is 0. The number of hydrogen-bond acceptors (Lipinski definition) is 7. The first kappa shape index (κ1) is 19.8. The van der Waals surface area contributed by atoms with Gasteiger partial charge < -0.3 is 24.4 Å². The topological polar surface area (TPSA) is 106 Å². The van der Waals surface area contributed by atoms with Crippen LogP contribution in [0.1, 0.15) is 33.6 Å². The van der Waals surface area contributed by atoms with Crippen molar-refractivity contribution in [1.29, 1.82) is 0 Å². The van der Waals surface area contributed by atoms with E-state index in [9.17, 15) is 14.7 Å². The second-order valence-corrected chi connectivity index (χ2v) is 7.72. The highest BCUT2D eigenvalue weighted by Crippen LogP contribution is 2.47. The summed E-state index contributed by atoms with van der Waals surface area (Å²) < 4.78 is 16.9. The van der Waals surface area contributed by atoms with Crippen LogP contribution in [-0.4, -0.2) is 58.8 Å². The summed E-state index contributed by atoms with van der Waals surface area (Å²) in [7, 11) is 0. The molecule has 0 aromatic heterocycles. The highest BCUT2D eigenvalue weighted by Gasteiger charge is 2.57. The Hall–Kier alpha value is -1.96. The molecule has 0 aromatic rings. The minimum Gasteiger partial charge on any atom is -0.458 e. The van der Waals surface area contributed by atoms with Crippen molar-refractivity contribution in [1.82, 2.24) is 0 Å². The Morgan fingerprint density at radius 2 is 2.22 bits per heavy atom. The van der Waals surface area contributed by atoms with E-state index in [-0.39, 0.29) is 23.9 Å². The van der Waals surface area contributed by atoms with Crippen molar-refractivity contribution in [3.63, 3.8) is 0 Å². The van der Waals surface area contributed by atoms with Crippen LogP contribution in [0.4, 0.5) is 0 Å². The standard InChI is InChI=1S/C20H26O7/c1-10(5-6-21)18(23)26-15-9-20(4)16(27-20)8-13(22)11(2)7-14-17(15)12(3)19(24)25-14/h5,7,13-17,21-22H,3,6,8-9H2,1-2,4H3/b10-5-,11-7-/t13-,14-,15+,16+,17-,20-/m0/s1. The first-order valence-electron chi connectivity index (χ1n) is 9.09. The van der Waals surface area contributed by atoms with E-state index in [1.165, 1.54) is 6.08 Å². The van der Waals surface area contributed by atoms with Crippen LogP contribution in [0.3, 0.4) is 0 Å². The molecule has 2 saturated heterocycles. The van der Waals surface area contributed by atoms with Gasteiger partial charge in [-0.1, -0.05) is 6.58 Å². The van der Waals surface area contributed by atoms with Crippen LogP contribution in [0.5, 0.6) is 0 Å². The zero-order valence-corrected chi connectivity index (χ0v) is 15.8. The van der Waals surface area contributed by atoms with E-state index in [1.807, 2.05) is 6.92 Å². The van der Waals surface area contributed by atoms with Gasteiger partial charge in [0.25, 0.3) is 0 Å². The maximum Gasteiger partial charge on any atom is 0.334 e. The minimum absolute atomic E-state index is 0.158. The predicted octanol–water partition coefficient (Wildman–Crippen LogP) is 1.19. The van der Waals surface area contributed by atoms with Gasteiger partial charge in [-0.05, 0) is 38.5 Å². The third kappa shape index (κ3) is 3.85. The van der Waals surface area contributed by atoms with Gasteiger partial charge >= 0.3 is 11.9 Å². The summed E-state index contributed by atoms with van der Waals surface area (Å²) in [6.07, 6.45) is 1.64. The molecule has 148 valence electrons. The molecule has 2 N–H and O–H groups in total. The SMILES string of the molecule is C=C1C(=O)O[C@H]2/C=C(/C)[C@@H](O)C[C@H]3O[C@@]3(C)C[C@@H](OC(=O)/C(C)=C\CO)[C@@H]12. The van der Waals surface area contributed by atoms with Gasteiger partial charge in [0, 0.05) is 24.0 Å². The Balaban J connectivity index is 1.95. The molecule has 7 nitrogen and oxygen atoms in total. The number of rotatable bonds is 3. The van der Waals surface area contributed by atoms with E-state index in [4.69, 9.17) is 19.3 Å². The fraction of sp³-hybridized carbons (Fsp3) is 0.600. The molecule has 0 radical (unpaired) electrons. The molecule has 3 aliphatic rings. The first-order chi connectivity index (χ1) is 12.7. The van der Waals surface area contributed by atoms with Crippen LogP contribution in [0.25, 0.3) is 0 Å². The van der Waals surface area contributed by atoms with Crippen molar-refractivity contribution in [3.8, 4) is 0 Å². The maximum atomic E-state index is 12.4. The number of esters is 2. The number of hydrogen-bond donors (Lipinski definition) is 2. The fourth-order valence-electron chi connectivity index (χ4n) is 3.80. The molecule has 2 aliphatic heterocycles. The molecule has 1 aliphatic carbocycles. The van der Waals surface area contributed by atoms with E-state index in [2.05, 4.69) is 6.58 Å². The second-order valence-electron chi connectivity index (χ2n) is 7.72. The van der Waals surface area contributed by atoms with Crippen LogP contribution in [0.15, 0.2) is 35.5 Å². The van der Waals surface area contributed by atoms with Crippen molar-refractivity contribution in [2.24, 2.45) is 5.92 Å². The van der Waals surface area contributed by atoms with Gasteiger partial charge in [0.15, 0.2) is 0 Å². The Bertz CT molecular complexity index is 722. The maximum absolute atomic E-state index is 12.4. The molecular weight excluding hydrogens is 352 g/mol. The molecule has 0 amide bonds. The van der Waals surface area contributed by atoms with Crippen LogP contribution >= 0.6 is 0 Å². The molecule has 2 heterocycles. The number of carbonyl (C=O) groups is 2. The zero-order chi connectivity index (χ0) is 19.9. The summed E-state index contributed by atoms with van der Waals surface area (Å²) in [4.78, 5) is 24.6. The van der Waals surface area contributed by atoms with Gasteiger partial charge in [0.1, 0.15) is 12.2 Å². The molecular formula is C20H26O7. The molecule has 0 spiro atoms. The Morgan fingerprint density at radius 1 is 1.52 bits per heavy atom. The number of epoxide rings is 1. The van der Waals surface area contributed by atoms with Crippen molar-refractivity contribution < 1.29 is 34.0 Å². The van der Waals surface area contributed by atoms with Gasteiger partial charge in [-0.2, -0.15) is 0 Å². The van der Waals surface area contributed by atoms with Crippen molar-refractivity contribution >= 4 is 11.9 Å². The van der Waals surface area contributed by atoms with E-state index < -0.39 is 41.8 Å². The van der Waals surface area contributed by atoms with Crippen LogP contribution in [-0.2, 0) is 23.8 Å². The highest BCUT2D eigenvalue weighted by molar-refractivity contribution is 5.92. The van der Waals surface area contributed by atoms with Crippen LogP contribution in [0.2, 0.25) is 0 Å². The fourth-order valence-corrected chi connectivity index (χ4v) is 3.80. The molecule has 7 heteroatoms. The Labute approximate surface area is 158 Å². The number of aliphatic hydroxyl groups excluding tert-OH is 2. The lowest BCUT2D eigenvalue weighted by Gasteiger charge is -2.29. The molecule has 27 heavy (non-hydrogen) atoms. The van der Waals surface area contributed by atoms with Gasteiger partial charge in [0.05, 0.1) is 30.3 Å².